The number of amides is 1. The van der Waals surface area contributed by atoms with Gasteiger partial charge in [0, 0.05) is 9.14 Å². The molecular weight excluding hydrogens is 441 g/mol. The number of rotatable bonds is 3. The number of fused-ring (bicyclic) bond motifs is 1. The first-order valence-electron chi connectivity index (χ1n) is 8.24. The molecule has 0 saturated heterocycles. The van der Waals surface area contributed by atoms with E-state index < -0.39 is 6.09 Å². The van der Waals surface area contributed by atoms with Gasteiger partial charge in [-0.3, -0.25) is 4.84 Å². The molecule has 0 fully saturated rings. The Morgan fingerprint density at radius 2 is 1.73 bits per heavy atom. The Bertz CT molecular complexity index is 979. The van der Waals surface area contributed by atoms with Crippen LogP contribution in [0.1, 0.15) is 11.1 Å². The fourth-order valence-electron chi connectivity index (χ4n) is 2.97. The molecule has 3 aromatic rings. The lowest BCUT2D eigenvalue weighted by Crippen LogP contribution is -2.27. The number of benzene rings is 3. The van der Waals surface area contributed by atoms with Gasteiger partial charge in [-0.1, -0.05) is 72.8 Å². The highest BCUT2D eigenvalue weighted by atomic mass is 127. The monoisotopic (exact) mass is 457 g/mol. The van der Waals surface area contributed by atoms with E-state index in [1.807, 2.05) is 60.7 Å². The highest BCUT2D eigenvalue weighted by Crippen LogP contribution is 2.37. The van der Waals surface area contributed by atoms with Crippen LogP contribution in [0, 0.1) is 0 Å². The number of halogens is 1. The van der Waals surface area contributed by atoms with Crippen LogP contribution < -0.4 is 0 Å². The van der Waals surface area contributed by atoms with Crippen molar-refractivity contribution in [2.75, 3.05) is 6.61 Å². The molecule has 0 atom stereocenters. The zero-order chi connectivity index (χ0) is 17.9. The van der Waals surface area contributed by atoms with Crippen LogP contribution in [0.4, 0.5) is 4.79 Å². The normalized spacial score (nSPS) is 14.1. The van der Waals surface area contributed by atoms with Crippen molar-refractivity contribution in [1.29, 1.82) is 0 Å². The number of hydrogen-bond donors (Lipinski definition) is 0. The molecule has 4 nitrogen and oxygen atoms in total. The lowest BCUT2D eigenvalue weighted by Gasteiger charge is -2.19. The van der Waals surface area contributed by atoms with Crippen molar-refractivity contribution in [2.24, 2.45) is 0 Å². The van der Waals surface area contributed by atoms with Gasteiger partial charge in [0.25, 0.3) is 0 Å². The van der Waals surface area contributed by atoms with Crippen molar-refractivity contribution in [1.82, 2.24) is 5.06 Å². The van der Waals surface area contributed by atoms with Crippen LogP contribution in [0.3, 0.4) is 0 Å². The van der Waals surface area contributed by atoms with E-state index in [2.05, 4.69) is 34.7 Å². The first-order chi connectivity index (χ1) is 12.7. The van der Waals surface area contributed by atoms with Crippen molar-refractivity contribution >= 4 is 45.2 Å². The van der Waals surface area contributed by atoms with Gasteiger partial charge in [0.2, 0.25) is 0 Å². The summed E-state index contributed by atoms with van der Waals surface area (Å²) in [5, 5.41) is 3.46. The van der Waals surface area contributed by atoms with Gasteiger partial charge in [0.15, 0.2) is 0 Å². The Hall–Kier alpha value is -2.38. The van der Waals surface area contributed by atoms with Crippen molar-refractivity contribution in [2.45, 2.75) is 6.61 Å². The average molecular weight is 457 g/mol. The summed E-state index contributed by atoms with van der Waals surface area (Å²) >= 11 is 2.22. The Morgan fingerprint density at radius 1 is 1.00 bits per heavy atom. The number of carbonyl (C=O) groups is 1. The van der Waals surface area contributed by atoms with Crippen LogP contribution in [0.15, 0.2) is 76.4 Å². The SMILES string of the molecule is O=C(OCc1ccccc1)N1OCC(I)=C1c1cccc2ccccc12. The predicted molar refractivity (Wildman–Crippen MR) is 109 cm³/mol. The van der Waals surface area contributed by atoms with E-state index in [0.29, 0.717) is 6.61 Å². The molecule has 5 heteroatoms. The second kappa shape index (κ2) is 7.47. The number of hydrogen-bond acceptors (Lipinski definition) is 3. The molecule has 26 heavy (non-hydrogen) atoms. The molecule has 1 aliphatic rings. The average Bonchev–Trinajstić information content (AvgIpc) is 3.08. The Kier molecular flexibility index (Phi) is 4.90. The molecule has 0 aliphatic carbocycles. The molecule has 3 aromatic carbocycles. The van der Waals surface area contributed by atoms with Crippen LogP contribution in [0.2, 0.25) is 0 Å². The third kappa shape index (κ3) is 3.32. The van der Waals surface area contributed by atoms with Crippen molar-refractivity contribution in [3.8, 4) is 0 Å². The molecule has 0 radical (unpaired) electrons. The van der Waals surface area contributed by atoms with Gasteiger partial charge >= 0.3 is 6.09 Å². The summed E-state index contributed by atoms with van der Waals surface area (Å²) in [7, 11) is 0. The fraction of sp³-hybridized carbons (Fsp3) is 0.0952. The summed E-state index contributed by atoms with van der Waals surface area (Å²) in [4.78, 5) is 18.2. The highest BCUT2D eigenvalue weighted by molar-refractivity contribution is 14.1. The van der Waals surface area contributed by atoms with Gasteiger partial charge in [-0.15, -0.1) is 0 Å². The van der Waals surface area contributed by atoms with Gasteiger partial charge in [-0.05, 0) is 38.9 Å². The molecule has 130 valence electrons. The first kappa shape index (κ1) is 17.1. The third-order valence-corrected chi connectivity index (χ3v) is 5.02. The molecule has 4 rings (SSSR count). The van der Waals surface area contributed by atoms with Crippen LogP contribution in [-0.2, 0) is 16.2 Å². The van der Waals surface area contributed by atoms with Gasteiger partial charge in [-0.25, -0.2) is 4.79 Å². The number of carbonyl (C=O) groups excluding carboxylic acids is 1. The standard InChI is InChI=1S/C21H16INO3/c22-19-14-26-23(21(24)25-13-15-7-2-1-3-8-15)20(19)18-12-6-10-16-9-4-5-11-17(16)18/h1-12H,13-14H2. The smallest absolute Gasteiger partial charge is 0.439 e. The molecule has 1 heterocycles. The van der Waals surface area contributed by atoms with Gasteiger partial charge in [0.05, 0.1) is 5.70 Å². The second-order valence-electron chi connectivity index (χ2n) is 5.89. The molecule has 1 amide bonds. The molecule has 0 aromatic heterocycles. The second-order valence-corrected chi connectivity index (χ2v) is 7.19. The lowest BCUT2D eigenvalue weighted by atomic mass is 10.0. The fourth-order valence-corrected chi connectivity index (χ4v) is 3.62. The van der Waals surface area contributed by atoms with E-state index in [9.17, 15) is 4.79 Å². The van der Waals surface area contributed by atoms with E-state index in [1.165, 1.54) is 5.06 Å². The zero-order valence-electron chi connectivity index (χ0n) is 13.9. The van der Waals surface area contributed by atoms with Crippen LogP contribution >= 0.6 is 22.6 Å². The quantitative estimate of drug-likeness (QED) is 0.486. The molecular formula is C21H16INO3. The van der Waals surface area contributed by atoms with Crippen LogP contribution in [-0.4, -0.2) is 17.8 Å². The number of nitrogens with zero attached hydrogens (tertiary/aromatic N) is 1. The van der Waals surface area contributed by atoms with E-state index >= 15 is 0 Å². The minimum atomic E-state index is -0.511. The maximum Gasteiger partial charge on any atom is 0.439 e. The summed E-state index contributed by atoms with van der Waals surface area (Å²) in [5.41, 5.74) is 2.65. The molecule has 0 saturated carbocycles. The first-order valence-corrected chi connectivity index (χ1v) is 9.32. The minimum absolute atomic E-state index is 0.207. The van der Waals surface area contributed by atoms with E-state index in [0.717, 1.165) is 31.2 Å². The largest absolute Gasteiger partial charge is 0.443 e. The van der Waals surface area contributed by atoms with Gasteiger partial charge in [0.1, 0.15) is 13.2 Å². The van der Waals surface area contributed by atoms with Crippen molar-refractivity contribution in [3.63, 3.8) is 0 Å². The van der Waals surface area contributed by atoms with Gasteiger partial charge in [-0.2, -0.15) is 5.06 Å². The number of hydroxylamine groups is 2. The highest BCUT2D eigenvalue weighted by Gasteiger charge is 2.31. The number of ether oxygens (including phenoxy) is 1. The molecule has 0 unspecified atom stereocenters. The Labute approximate surface area is 165 Å². The lowest BCUT2D eigenvalue weighted by molar-refractivity contribution is -0.0690. The Morgan fingerprint density at radius 3 is 2.58 bits per heavy atom. The van der Waals surface area contributed by atoms with Crippen LogP contribution in [0.25, 0.3) is 16.5 Å². The predicted octanol–water partition coefficient (Wildman–Crippen LogP) is 5.53. The topological polar surface area (TPSA) is 38.8 Å². The third-order valence-electron chi connectivity index (χ3n) is 4.20. The molecule has 0 N–H and O–H groups in total. The summed E-state index contributed by atoms with van der Waals surface area (Å²) < 4.78 is 6.42. The van der Waals surface area contributed by atoms with Crippen molar-refractivity contribution < 1.29 is 14.4 Å². The maximum atomic E-state index is 12.6. The van der Waals surface area contributed by atoms with Gasteiger partial charge < -0.3 is 4.74 Å². The summed E-state index contributed by atoms with van der Waals surface area (Å²) in [6, 6.07) is 23.7. The zero-order valence-corrected chi connectivity index (χ0v) is 16.0. The molecule has 0 spiro atoms. The summed E-state index contributed by atoms with van der Waals surface area (Å²) in [5.74, 6) is 0. The summed E-state index contributed by atoms with van der Waals surface area (Å²) in [6.07, 6.45) is -0.511. The minimum Gasteiger partial charge on any atom is -0.443 e. The maximum absolute atomic E-state index is 12.6. The van der Waals surface area contributed by atoms with E-state index in [4.69, 9.17) is 9.57 Å². The van der Waals surface area contributed by atoms with Crippen LogP contribution in [0.5, 0.6) is 0 Å². The van der Waals surface area contributed by atoms with Crippen molar-refractivity contribution in [3.05, 3.63) is 87.5 Å². The molecule has 1 aliphatic heterocycles. The summed E-state index contributed by atoms with van der Waals surface area (Å²) in [6.45, 7) is 0.568. The molecule has 0 bridgehead atoms. The Balaban J connectivity index is 1.62. The van der Waals surface area contributed by atoms with E-state index in [1.54, 1.807) is 0 Å². The van der Waals surface area contributed by atoms with E-state index in [-0.39, 0.29) is 6.61 Å².